The van der Waals surface area contributed by atoms with Crippen LogP contribution < -0.4 is 0 Å². The van der Waals surface area contributed by atoms with Gasteiger partial charge >= 0.3 is 0 Å². The van der Waals surface area contributed by atoms with Gasteiger partial charge in [-0.25, -0.2) is 9.67 Å². The SMILES string of the molecule is C[C@@H](c1ccc(-n2cncn2)cc1)N(C)CC(=O)N(C)[C@@H]1CCCc2ccccc21. The quantitative estimate of drug-likeness (QED) is 0.628. The van der Waals surface area contributed by atoms with Crippen molar-refractivity contribution in [2.45, 2.75) is 38.3 Å². The Morgan fingerprint density at radius 2 is 1.93 bits per heavy atom. The van der Waals surface area contributed by atoms with E-state index in [9.17, 15) is 4.79 Å². The molecular formula is C24H29N5O. The Morgan fingerprint density at radius 1 is 1.17 bits per heavy atom. The number of amides is 1. The summed E-state index contributed by atoms with van der Waals surface area (Å²) in [4.78, 5) is 21.1. The van der Waals surface area contributed by atoms with Crippen molar-refractivity contribution in [1.29, 1.82) is 0 Å². The van der Waals surface area contributed by atoms with E-state index in [1.807, 2.05) is 31.1 Å². The molecular weight excluding hydrogens is 374 g/mol. The maximum atomic E-state index is 13.1. The Hall–Kier alpha value is -2.99. The summed E-state index contributed by atoms with van der Waals surface area (Å²) in [5.41, 5.74) is 4.82. The van der Waals surface area contributed by atoms with Crippen LogP contribution in [0.2, 0.25) is 0 Å². The van der Waals surface area contributed by atoms with Crippen LogP contribution in [0.4, 0.5) is 0 Å². The second-order valence-electron chi connectivity index (χ2n) is 8.13. The molecule has 1 aliphatic carbocycles. The molecule has 0 spiro atoms. The van der Waals surface area contributed by atoms with Crippen molar-refractivity contribution in [1.82, 2.24) is 24.6 Å². The second-order valence-corrected chi connectivity index (χ2v) is 8.13. The normalized spacial score (nSPS) is 16.9. The number of fused-ring (bicyclic) bond motifs is 1. The third kappa shape index (κ3) is 4.14. The van der Waals surface area contributed by atoms with Crippen LogP contribution >= 0.6 is 0 Å². The highest BCUT2D eigenvalue weighted by atomic mass is 16.2. The molecule has 0 aliphatic heterocycles. The largest absolute Gasteiger partial charge is 0.338 e. The van der Waals surface area contributed by atoms with Gasteiger partial charge in [-0.2, -0.15) is 5.10 Å². The van der Waals surface area contributed by atoms with Gasteiger partial charge in [-0.1, -0.05) is 36.4 Å². The van der Waals surface area contributed by atoms with Crippen LogP contribution in [0.1, 0.15) is 48.5 Å². The van der Waals surface area contributed by atoms with Crippen molar-refractivity contribution in [3.8, 4) is 5.69 Å². The highest BCUT2D eigenvalue weighted by Crippen LogP contribution is 2.33. The third-order valence-corrected chi connectivity index (χ3v) is 6.30. The summed E-state index contributed by atoms with van der Waals surface area (Å²) in [6, 6.07) is 17.1. The number of aryl methyl sites for hydroxylation is 1. The highest BCUT2D eigenvalue weighted by molar-refractivity contribution is 5.78. The molecule has 0 N–H and O–H groups in total. The van der Waals surface area contributed by atoms with Gasteiger partial charge in [0.1, 0.15) is 12.7 Å². The lowest BCUT2D eigenvalue weighted by Crippen LogP contribution is -2.40. The molecule has 1 heterocycles. The van der Waals surface area contributed by atoms with Gasteiger partial charge in [-0.05, 0) is 62.1 Å². The van der Waals surface area contributed by atoms with Gasteiger partial charge in [0.25, 0.3) is 0 Å². The summed E-state index contributed by atoms with van der Waals surface area (Å²) in [6.45, 7) is 2.52. The van der Waals surface area contributed by atoms with Crippen LogP contribution in [-0.2, 0) is 11.2 Å². The van der Waals surface area contributed by atoms with Crippen molar-refractivity contribution in [2.75, 3.05) is 20.6 Å². The van der Waals surface area contributed by atoms with E-state index in [1.165, 1.54) is 23.0 Å². The maximum absolute atomic E-state index is 13.1. The first-order chi connectivity index (χ1) is 14.5. The minimum absolute atomic E-state index is 0.130. The Kier molecular flexibility index (Phi) is 5.95. The molecule has 2 aromatic carbocycles. The van der Waals surface area contributed by atoms with Crippen LogP contribution in [0.3, 0.4) is 0 Å². The van der Waals surface area contributed by atoms with Gasteiger partial charge in [-0.3, -0.25) is 9.69 Å². The van der Waals surface area contributed by atoms with Gasteiger partial charge in [0.15, 0.2) is 0 Å². The molecule has 30 heavy (non-hydrogen) atoms. The zero-order chi connectivity index (χ0) is 21.1. The Labute approximate surface area is 178 Å². The van der Waals surface area contributed by atoms with E-state index in [1.54, 1.807) is 11.0 Å². The van der Waals surface area contributed by atoms with Gasteiger partial charge in [-0.15, -0.1) is 0 Å². The average molecular weight is 404 g/mol. The van der Waals surface area contributed by atoms with Crippen molar-refractivity contribution >= 4 is 5.91 Å². The predicted molar refractivity (Wildman–Crippen MR) is 117 cm³/mol. The number of likely N-dealkylation sites (N-methyl/N-ethyl adjacent to an activating group) is 2. The number of rotatable bonds is 6. The van der Waals surface area contributed by atoms with E-state index in [-0.39, 0.29) is 18.0 Å². The molecule has 0 bridgehead atoms. The molecule has 6 nitrogen and oxygen atoms in total. The van der Waals surface area contributed by atoms with E-state index >= 15 is 0 Å². The second kappa shape index (κ2) is 8.79. The molecule has 0 fully saturated rings. The van der Waals surface area contributed by atoms with Gasteiger partial charge in [0, 0.05) is 13.1 Å². The van der Waals surface area contributed by atoms with E-state index in [2.05, 4.69) is 58.3 Å². The number of hydrogen-bond donors (Lipinski definition) is 0. The summed E-state index contributed by atoms with van der Waals surface area (Å²) < 4.78 is 1.73. The molecule has 0 unspecified atom stereocenters. The molecule has 156 valence electrons. The number of hydrogen-bond acceptors (Lipinski definition) is 4. The van der Waals surface area contributed by atoms with E-state index < -0.39 is 0 Å². The third-order valence-electron chi connectivity index (χ3n) is 6.30. The standard InChI is InChI=1S/C24H29N5O/c1-18(19-11-13-21(14-12-19)29-17-25-16-26-29)27(2)15-24(30)28(3)23-10-6-8-20-7-4-5-9-22(20)23/h4-5,7,9,11-14,16-18,23H,6,8,10,15H2,1-3H3/t18-,23+/m0/s1. The smallest absolute Gasteiger partial charge is 0.237 e. The van der Waals surface area contributed by atoms with E-state index in [0.29, 0.717) is 6.54 Å². The predicted octanol–water partition coefficient (Wildman–Crippen LogP) is 3.80. The molecule has 4 rings (SSSR count). The summed E-state index contributed by atoms with van der Waals surface area (Å²) in [5.74, 6) is 0.158. The number of nitrogens with zero attached hydrogens (tertiary/aromatic N) is 5. The van der Waals surface area contributed by atoms with Crippen LogP contribution in [0, 0.1) is 0 Å². The minimum Gasteiger partial charge on any atom is -0.338 e. The van der Waals surface area contributed by atoms with Crippen LogP contribution in [0.15, 0.2) is 61.2 Å². The number of carbonyl (C=O) groups excluding carboxylic acids is 1. The van der Waals surface area contributed by atoms with Gasteiger partial charge < -0.3 is 4.90 Å². The summed E-state index contributed by atoms with van der Waals surface area (Å²) >= 11 is 0. The first-order valence-corrected chi connectivity index (χ1v) is 10.5. The molecule has 1 aliphatic rings. The lowest BCUT2D eigenvalue weighted by molar-refractivity contribution is -0.133. The van der Waals surface area contributed by atoms with Crippen molar-refractivity contribution in [2.24, 2.45) is 0 Å². The van der Waals surface area contributed by atoms with E-state index in [0.717, 1.165) is 24.9 Å². The lowest BCUT2D eigenvalue weighted by atomic mass is 9.87. The fraction of sp³-hybridized carbons (Fsp3) is 0.375. The van der Waals surface area contributed by atoms with Crippen LogP contribution in [0.25, 0.3) is 5.69 Å². The van der Waals surface area contributed by atoms with Gasteiger partial charge in [0.2, 0.25) is 5.91 Å². The summed E-state index contributed by atoms with van der Waals surface area (Å²) in [5, 5.41) is 4.16. The molecule has 3 aromatic rings. The van der Waals surface area contributed by atoms with Crippen LogP contribution in [0.5, 0.6) is 0 Å². The molecule has 1 amide bonds. The molecule has 1 aromatic heterocycles. The molecule has 0 saturated heterocycles. The van der Waals surface area contributed by atoms with Crippen molar-refractivity contribution in [3.63, 3.8) is 0 Å². The Balaban J connectivity index is 1.40. The fourth-order valence-corrected chi connectivity index (χ4v) is 4.27. The topological polar surface area (TPSA) is 54.3 Å². The molecule has 0 radical (unpaired) electrons. The number of aromatic nitrogens is 3. The maximum Gasteiger partial charge on any atom is 0.237 e. The monoisotopic (exact) mass is 403 g/mol. The number of benzene rings is 2. The van der Waals surface area contributed by atoms with Crippen molar-refractivity contribution in [3.05, 3.63) is 77.9 Å². The number of carbonyl (C=O) groups is 1. The summed E-state index contributed by atoms with van der Waals surface area (Å²) in [6.07, 6.45) is 6.47. The minimum atomic E-state index is 0.130. The Morgan fingerprint density at radius 3 is 2.67 bits per heavy atom. The van der Waals surface area contributed by atoms with Crippen LogP contribution in [-0.4, -0.2) is 51.1 Å². The zero-order valence-corrected chi connectivity index (χ0v) is 17.9. The summed E-state index contributed by atoms with van der Waals surface area (Å²) in [7, 11) is 3.96. The molecule has 2 atom stereocenters. The van der Waals surface area contributed by atoms with Crippen molar-refractivity contribution < 1.29 is 4.79 Å². The Bertz CT molecular complexity index is 983. The zero-order valence-electron chi connectivity index (χ0n) is 17.9. The highest BCUT2D eigenvalue weighted by Gasteiger charge is 2.27. The first kappa shape index (κ1) is 20.3. The first-order valence-electron chi connectivity index (χ1n) is 10.5. The molecule has 0 saturated carbocycles. The fourth-order valence-electron chi connectivity index (χ4n) is 4.27. The molecule has 6 heteroatoms. The lowest BCUT2D eigenvalue weighted by Gasteiger charge is -2.35. The average Bonchev–Trinajstić information content (AvgIpc) is 3.32. The van der Waals surface area contributed by atoms with E-state index in [4.69, 9.17) is 0 Å². The van der Waals surface area contributed by atoms with Gasteiger partial charge in [0.05, 0.1) is 18.3 Å².